The third-order valence-corrected chi connectivity index (χ3v) is 4.73. The molecule has 0 spiro atoms. The van der Waals surface area contributed by atoms with Gasteiger partial charge in [0.05, 0.1) is 0 Å². The zero-order valence-corrected chi connectivity index (χ0v) is 12.4. The van der Waals surface area contributed by atoms with Crippen molar-refractivity contribution in [3.05, 3.63) is 18.6 Å². The molecule has 116 valence electrons. The molecule has 1 saturated carbocycles. The minimum absolute atomic E-state index is 0.0225. The zero-order valence-electron chi connectivity index (χ0n) is 12.4. The van der Waals surface area contributed by atoms with Gasteiger partial charge in [0, 0.05) is 31.4 Å². The van der Waals surface area contributed by atoms with Gasteiger partial charge in [-0.2, -0.15) is 0 Å². The van der Waals surface area contributed by atoms with Crippen LogP contribution >= 0.6 is 0 Å². The Labute approximate surface area is 128 Å². The summed E-state index contributed by atoms with van der Waals surface area (Å²) < 4.78 is 0. The predicted octanol–water partition coefficient (Wildman–Crippen LogP) is 0.872. The van der Waals surface area contributed by atoms with Gasteiger partial charge in [0.25, 0.3) is 5.91 Å². The Bertz CT molecular complexity index is 581. The largest absolute Gasteiger partial charge is 0.356 e. The van der Waals surface area contributed by atoms with E-state index in [-0.39, 0.29) is 30.6 Å². The Balaban J connectivity index is 1.40. The highest BCUT2D eigenvalue weighted by molar-refractivity contribution is 6.02. The highest BCUT2D eigenvalue weighted by Gasteiger charge is 2.47. The first-order chi connectivity index (χ1) is 10.7. The third kappa shape index (κ3) is 2.30. The fraction of sp³-hybridized carbons (Fsp3) is 0.600. The second kappa shape index (κ2) is 5.23. The van der Waals surface area contributed by atoms with E-state index < -0.39 is 0 Å². The molecule has 0 radical (unpaired) electrons. The molecule has 2 saturated heterocycles. The fourth-order valence-electron chi connectivity index (χ4n) is 3.39. The van der Waals surface area contributed by atoms with Gasteiger partial charge in [-0.1, -0.05) is 0 Å². The van der Waals surface area contributed by atoms with Gasteiger partial charge in [-0.3, -0.25) is 9.69 Å². The van der Waals surface area contributed by atoms with E-state index in [4.69, 9.17) is 0 Å². The molecule has 22 heavy (non-hydrogen) atoms. The van der Waals surface area contributed by atoms with Crippen molar-refractivity contribution in [3.63, 3.8) is 0 Å². The average Bonchev–Trinajstić information content (AvgIpc) is 3.34. The van der Waals surface area contributed by atoms with Crippen molar-refractivity contribution in [2.45, 2.75) is 37.8 Å². The highest BCUT2D eigenvalue weighted by atomic mass is 16.2. The number of rotatable bonds is 3. The Morgan fingerprint density at radius 1 is 1.05 bits per heavy atom. The number of nitrogens with zero attached hydrogens (tertiary/aromatic N) is 5. The molecular weight excluding hydrogens is 282 g/mol. The SMILES string of the molecule is O=C1CN(C2CCN(c3ccncn3)CC2)C(=O)N1C1CC1. The van der Waals surface area contributed by atoms with Gasteiger partial charge in [-0.25, -0.2) is 14.8 Å². The topological polar surface area (TPSA) is 69.6 Å². The van der Waals surface area contributed by atoms with Gasteiger partial charge >= 0.3 is 6.03 Å². The van der Waals surface area contributed by atoms with Crippen molar-refractivity contribution in [1.82, 2.24) is 19.8 Å². The van der Waals surface area contributed by atoms with Gasteiger partial charge in [0.2, 0.25) is 0 Å². The lowest BCUT2D eigenvalue weighted by molar-refractivity contribution is -0.125. The Morgan fingerprint density at radius 3 is 2.45 bits per heavy atom. The number of anilines is 1. The quantitative estimate of drug-likeness (QED) is 0.775. The molecule has 7 nitrogen and oxygen atoms in total. The Morgan fingerprint density at radius 2 is 1.82 bits per heavy atom. The van der Waals surface area contributed by atoms with Crippen LogP contribution in [0.15, 0.2) is 18.6 Å². The summed E-state index contributed by atoms with van der Waals surface area (Å²) in [7, 11) is 0. The molecule has 0 unspecified atom stereocenters. The first kappa shape index (κ1) is 13.5. The van der Waals surface area contributed by atoms with Crippen molar-refractivity contribution in [3.8, 4) is 0 Å². The van der Waals surface area contributed by atoms with Gasteiger partial charge in [-0.05, 0) is 31.7 Å². The second-order valence-electron chi connectivity index (χ2n) is 6.19. The first-order valence-electron chi connectivity index (χ1n) is 7.87. The molecule has 0 bridgehead atoms. The molecule has 1 aliphatic carbocycles. The zero-order chi connectivity index (χ0) is 15.1. The molecule has 3 fully saturated rings. The third-order valence-electron chi connectivity index (χ3n) is 4.73. The molecule has 2 aliphatic heterocycles. The number of hydrogen-bond donors (Lipinski definition) is 0. The summed E-state index contributed by atoms with van der Waals surface area (Å²) in [5.74, 6) is 0.905. The second-order valence-corrected chi connectivity index (χ2v) is 6.19. The van der Waals surface area contributed by atoms with E-state index in [0.29, 0.717) is 0 Å². The number of hydrogen-bond acceptors (Lipinski definition) is 5. The summed E-state index contributed by atoms with van der Waals surface area (Å²) in [5, 5.41) is 0. The number of urea groups is 1. The van der Waals surface area contributed by atoms with Crippen LogP contribution in [0.4, 0.5) is 10.6 Å². The molecule has 7 heteroatoms. The van der Waals surface area contributed by atoms with Gasteiger partial charge in [0.15, 0.2) is 0 Å². The number of carbonyl (C=O) groups is 2. The predicted molar refractivity (Wildman–Crippen MR) is 79.2 cm³/mol. The van der Waals surface area contributed by atoms with Crippen molar-refractivity contribution < 1.29 is 9.59 Å². The maximum Gasteiger partial charge on any atom is 0.327 e. The van der Waals surface area contributed by atoms with Gasteiger partial charge in [-0.15, -0.1) is 0 Å². The van der Waals surface area contributed by atoms with Crippen LogP contribution in [0.25, 0.3) is 0 Å². The number of carbonyl (C=O) groups excluding carboxylic acids is 2. The standard InChI is InChI=1S/C15H19N5O2/c21-14-9-19(15(22)20(14)12-1-2-12)11-4-7-18(8-5-11)13-3-6-16-10-17-13/h3,6,10-12H,1-2,4-5,7-9H2. The van der Waals surface area contributed by atoms with Crippen molar-refractivity contribution in [1.29, 1.82) is 0 Å². The fourth-order valence-corrected chi connectivity index (χ4v) is 3.39. The summed E-state index contributed by atoms with van der Waals surface area (Å²) in [4.78, 5) is 38.2. The van der Waals surface area contributed by atoms with Crippen LogP contribution < -0.4 is 4.90 Å². The molecule has 0 N–H and O–H groups in total. The number of amides is 3. The number of aromatic nitrogens is 2. The molecule has 3 aliphatic rings. The molecular formula is C15H19N5O2. The van der Waals surface area contributed by atoms with Crippen LogP contribution in [0.5, 0.6) is 0 Å². The molecule has 3 heterocycles. The van der Waals surface area contributed by atoms with Crippen molar-refractivity contribution in [2.75, 3.05) is 24.5 Å². The van der Waals surface area contributed by atoms with Gasteiger partial charge in [0.1, 0.15) is 18.7 Å². The smallest absolute Gasteiger partial charge is 0.327 e. The maximum atomic E-state index is 12.4. The van der Waals surface area contributed by atoms with E-state index in [9.17, 15) is 9.59 Å². The van der Waals surface area contributed by atoms with E-state index in [1.54, 1.807) is 17.4 Å². The molecule has 1 aromatic heterocycles. The number of piperidine rings is 1. The molecule has 0 atom stereocenters. The Kier molecular flexibility index (Phi) is 3.20. The average molecular weight is 301 g/mol. The van der Waals surface area contributed by atoms with E-state index in [1.807, 2.05) is 6.07 Å². The van der Waals surface area contributed by atoms with Crippen LogP contribution in [0.3, 0.4) is 0 Å². The summed E-state index contributed by atoms with van der Waals surface area (Å²) in [6.07, 6.45) is 6.99. The van der Waals surface area contributed by atoms with Crippen LogP contribution in [0.1, 0.15) is 25.7 Å². The first-order valence-corrected chi connectivity index (χ1v) is 7.87. The molecule has 3 amide bonds. The summed E-state index contributed by atoms with van der Waals surface area (Å²) in [6.45, 7) is 1.96. The lowest BCUT2D eigenvalue weighted by atomic mass is 10.0. The van der Waals surface area contributed by atoms with E-state index in [1.165, 1.54) is 4.90 Å². The van der Waals surface area contributed by atoms with E-state index >= 15 is 0 Å². The van der Waals surface area contributed by atoms with Crippen LogP contribution in [0, 0.1) is 0 Å². The van der Waals surface area contributed by atoms with Crippen LogP contribution in [-0.2, 0) is 4.79 Å². The maximum absolute atomic E-state index is 12.4. The monoisotopic (exact) mass is 301 g/mol. The summed E-state index contributed by atoms with van der Waals surface area (Å²) >= 11 is 0. The number of imide groups is 1. The minimum atomic E-state index is -0.0759. The van der Waals surface area contributed by atoms with E-state index in [0.717, 1.165) is 44.6 Å². The molecule has 0 aromatic carbocycles. The van der Waals surface area contributed by atoms with Gasteiger partial charge < -0.3 is 9.80 Å². The normalized spacial score (nSPS) is 23.5. The van der Waals surface area contributed by atoms with E-state index in [2.05, 4.69) is 14.9 Å². The molecule has 4 rings (SSSR count). The minimum Gasteiger partial charge on any atom is -0.356 e. The van der Waals surface area contributed by atoms with Crippen LogP contribution in [0.2, 0.25) is 0 Å². The Hall–Kier alpha value is -2.18. The summed E-state index contributed by atoms with van der Waals surface area (Å²) in [6, 6.07) is 2.16. The lowest BCUT2D eigenvalue weighted by Crippen LogP contribution is -2.47. The van der Waals surface area contributed by atoms with Crippen LogP contribution in [-0.4, -0.2) is 63.4 Å². The van der Waals surface area contributed by atoms with Crippen molar-refractivity contribution in [2.24, 2.45) is 0 Å². The highest BCUT2D eigenvalue weighted by Crippen LogP contribution is 2.32. The van der Waals surface area contributed by atoms with Crippen molar-refractivity contribution >= 4 is 17.8 Å². The summed E-state index contributed by atoms with van der Waals surface area (Å²) in [5.41, 5.74) is 0. The molecule has 1 aromatic rings. The lowest BCUT2D eigenvalue weighted by Gasteiger charge is -2.36.